The SMILES string of the molecule is CC[C@](C)(NC)C(=O)NC(Cc1ccc(-c2ccccc2)cc1)C(=O)N1CCC[C@@H]1C(=O)OCc1ccccc1. The van der Waals surface area contributed by atoms with Crippen LogP contribution in [0.25, 0.3) is 11.1 Å². The Kier molecular flexibility index (Phi) is 9.72. The van der Waals surface area contributed by atoms with Crippen LogP contribution in [0.5, 0.6) is 0 Å². The number of hydrogen-bond donors (Lipinski definition) is 2. The Morgan fingerprint density at radius 3 is 2.17 bits per heavy atom. The predicted molar refractivity (Wildman–Crippen MR) is 156 cm³/mol. The Morgan fingerprint density at radius 1 is 0.925 bits per heavy atom. The van der Waals surface area contributed by atoms with Crippen molar-refractivity contribution in [2.45, 2.75) is 63.8 Å². The summed E-state index contributed by atoms with van der Waals surface area (Å²) in [5.41, 5.74) is 3.17. The summed E-state index contributed by atoms with van der Waals surface area (Å²) < 4.78 is 5.59. The molecule has 0 radical (unpaired) electrons. The first-order valence-electron chi connectivity index (χ1n) is 14.0. The molecule has 1 heterocycles. The Balaban J connectivity index is 1.52. The molecule has 1 fully saturated rings. The summed E-state index contributed by atoms with van der Waals surface area (Å²) in [5.74, 6) is -0.936. The van der Waals surface area contributed by atoms with E-state index in [0.29, 0.717) is 32.2 Å². The van der Waals surface area contributed by atoms with Gasteiger partial charge in [-0.05, 0) is 55.5 Å². The summed E-state index contributed by atoms with van der Waals surface area (Å²) in [4.78, 5) is 41.9. The second-order valence-electron chi connectivity index (χ2n) is 10.5. The first-order valence-corrected chi connectivity index (χ1v) is 14.0. The molecule has 0 aromatic heterocycles. The Bertz CT molecular complexity index is 1270. The van der Waals surface area contributed by atoms with Crippen LogP contribution < -0.4 is 10.6 Å². The van der Waals surface area contributed by atoms with Gasteiger partial charge in [0.1, 0.15) is 18.7 Å². The molecule has 0 bridgehead atoms. The van der Waals surface area contributed by atoms with E-state index >= 15 is 0 Å². The summed E-state index contributed by atoms with van der Waals surface area (Å²) in [6.07, 6.45) is 2.10. The van der Waals surface area contributed by atoms with Gasteiger partial charge in [0.15, 0.2) is 0 Å². The Labute approximate surface area is 236 Å². The van der Waals surface area contributed by atoms with Crippen LogP contribution in [0.2, 0.25) is 0 Å². The van der Waals surface area contributed by atoms with Crippen LogP contribution in [0.4, 0.5) is 0 Å². The fraction of sp³-hybridized carbons (Fsp3) is 0.364. The van der Waals surface area contributed by atoms with Crippen molar-refractivity contribution < 1.29 is 19.1 Å². The van der Waals surface area contributed by atoms with E-state index in [4.69, 9.17) is 4.74 Å². The zero-order valence-electron chi connectivity index (χ0n) is 23.6. The highest BCUT2D eigenvalue weighted by Gasteiger charge is 2.40. The van der Waals surface area contributed by atoms with Gasteiger partial charge in [0.25, 0.3) is 0 Å². The van der Waals surface area contributed by atoms with Crippen LogP contribution in [-0.2, 0) is 32.1 Å². The number of likely N-dealkylation sites (tertiary alicyclic amines) is 1. The number of nitrogens with zero attached hydrogens (tertiary/aromatic N) is 1. The van der Waals surface area contributed by atoms with E-state index in [1.807, 2.05) is 86.6 Å². The molecule has 1 saturated heterocycles. The molecule has 210 valence electrons. The molecule has 40 heavy (non-hydrogen) atoms. The molecule has 1 aliphatic heterocycles. The number of amides is 2. The third kappa shape index (κ3) is 6.96. The fourth-order valence-corrected chi connectivity index (χ4v) is 4.97. The average Bonchev–Trinajstić information content (AvgIpc) is 3.50. The van der Waals surface area contributed by atoms with E-state index in [9.17, 15) is 14.4 Å². The third-order valence-corrected chi connectivity index (χ3v) is 7.90. The molecule has 0 spiro atoms. The summed E-state index contributed by atoms with van der Waals surface area (Å²) in [6.45, 7) is 4.34. The first-order chi connectivity index (χ1) is 19.3. The number of ether oxygens (including phenoxy) is 1. The number of nitrogens with one attached hydrogen (secondary N) is 2. The lowest BCUT2D eigenvalue weighted by atomic mass is 9.95. The van der Waals surface area contributed by atoms with Crippen LogP contribution in [-0.4, -0.2) is 53.9 Å². The van der Waals surface area contributed by atoms with Crippen molar-refractivity contribution in [3.8, 4) is 11.1 Å². The van der Waals surface area contributed by atoms with Gasteiger partial charge < -0.3 is 20.3 Å². The highest BCUT2D eigenvalue weighted by Crippen LogP contribution is 2.23. The van der Waals surface area contributed by atoms with Crippen LogP contribution in [0.1, 0.15) is 44.2 Å². The maximum atomic E-state index is 13.9. The van der Waals surface area contributed by atoms with Crippen molar-refractivity contribution in [3.63, 3.8) is 0 Å². The Hall–Kier alpha value is -3.97. The van der Waals surface area contributed by atoms with E-state index in [0.717, 1.165) is 22.3 Å². The highest BCUT2D eigenvalue weighted by molar-refractivity contribution is 5.94. The molecule has 7 heteroatoms. The minimum atomic E-state index is -0.825. The lowest BCUT2D eigenvalue weighted by molar-refractivity contribution is -0.155. The molecule has 0 aliphatic carbocycles. The molecule has 7 nitrogen and oxygen atoms in total. The zero-order valence-corrected chi connectivity index (χ0v) is 23.6. The number of esters is 1. The maximum Gasteiger partial charge on any atom is 0.329 e. The van der Waals surface area contributed by atoms with E-state index in [2.05, 4.69) is 22.8 Å². The monoisotopic (exact) mass is 541 g/mol. The van der Waals surface area contributed by atoms with Crippen LogP contribution in [0.15, 0.2) is 84.9 Å². The van der Waals surface area contributed by atoms with E-state index < -0.39 is 23.6 Å². The van der Waals surface area contributed by atoms with Crippen molar-refractivity contribution in [2.75, 3.05) is 13.6 Å². The molecule has 3 atom stereocenters. The number of likely N-dealkylation sites (N-methyl/N-ethyl adjacent to an activating group) is 1. The standard InChI is InChI=1S/C33H39N3O4/c1-4-33(2,34-3)32(39)35-28(22-24-17-19-27(20-18-24)26-14-9-6-10-15-26)30(37)36-21-11-16-29(36)31(38)40-23-25-12-7-5-8-13-25/h5-10,12-15,17-20,28-29,34H,4,11,16,21-23H2,1-3H3,(H,35,39)/t28?,29-,33+/m1/s1. The third-order valence-electron chi connectivity index (χ3n) is 7.90. The van der Waals surface area contributed by atoms with Gasteiger partial charge in [0.05, 0.1) is 5.54 Å². The molecule has 3 aromatic carbocycles. The topological polar surface area (TPSA) is 87.7 Å². The summed E-state index contributed by atoms with van der Waals surface area (Å²) in [6, 6.07) is 26.1. The van der Waals surface area contributed by atoms with Gasteiger partial charge in [-0.3, -0.25) is 9.59 Å². The smallest absolute Gasteiger partial charge is 0.329 e. The highest BCUT2D eigenvalue weighted by atomic mass is 16.5. The first kappa shape index (κ1) is 29.0. The van der Waals surface area contributed by atoms with Gasteiger partial charge in [0, 0.05) is 13.0 Å². The molecule has 4 rings (SSSR count). The minimum Gasteiger partial charge on any atom is -0.459 e. The van der Waals surface area contributed by atoms with Crippen molar-refractivity contribution in [1.82, 2.24) is 15.5 Å². The second kappa shape index (κ2) is 13.4. The molecule has 1 unspecified atom stereocenters. The molecule has 1 aliphatic rings. The number of carbonyl (C=O) groups is 3. The summed E-state index contributed by atoms with van der Waals surface area (Å²) in [7, 11) is 1.74. The van der Waals surface area contributed by atoms with Crippen LogP contribution in [0, 0.1) is 0 Å². The molecule has 3 aromatic rings. The number of carbonyl (C=O) groups excluding carboxylic acids is 3. The van der Waals surface area contributed by atoms with Crippen molar-refractivity contribution >= 4 is 17.8 Å². The largest absolute Gasteiger partial charge is 0.459 e. The molecular weight excluding hydrogens is 502 g/mol. The van der Waals surface area contributed by atoms with Gasteiger partial charge >= 0.3 is 5.97 Å². The summed E-state index contributed by atoms with van der Waals surface area (Å²) in [5, 5.41) is 6.08. The fourth-order valence-electron chi connectivity index (χ4n) is 4.97. The number of rotatable bonds is 11. The average molecular weight is 542 g/mol. The van der Waals surface area contributed by atoms with Crippen LogP contribution >= 0.6 is 0 Å². The lowest BCUT2D eigenvalue weighted by Gasteiger charge is -2.32. The van der Waals surface area contributed by atoms with Gasteiger partial charge in [-0.2, -0.15) is 0 Å². The minimum absolute atomic E-state index is 0.156. The van der Waals surface area contributed by atoms with Crippen molar-refractivity contribution in [2.24, 2.45) is 0 Å². The van der Waals surface area contributed by atoms with Crippen LogP contribution in [0.3, 0.4) is 0 Å². The van der Waals surface area contributed by atoms with E-state index in [1.165, 1.54) is 0 Å². The second-order valence-corrected chi connectivity index (χ2v) is 10.5. The zero-order chi connectivity index (χ0) is 28.5. The molecule has 0 saturated carbocycles. The maximum absolute atomic E-state index is 13.9. The van der Waals surface area contributed by atoms with Gasteiger partial charge in [-0.1, -0.05) is 91.9 Å². The van der Waals surface area contributed by atoms with Gasteiger partial charge in [-0.15, -0.1) is 0 Å². The predicted octanol–water partition coefficient (Wildman–Crippen LogP) is 4.50. The van der Waals surface area contributed by atoms with Gasteiger partial charge in [-0.25, -0.2) is 4.79 Å². The Morgan fingerprint density at radius 2 is 1.55 bits per heavy atom. The van der Waals surface area contributed by atoms with E-state index in [-0.39, 0.29) is 18.4 Å². The van der Waals surface area contributed by atoms with E-state index in [1.54, 1.807) is 11.9 Å². The lowest BCUT2D eigenvalue weighted by Crippen LogP contribution is -2.59. The number of hydrogen-bond acceptors (Lipinski definition) is 5. The van der Waals surface area contributed by atoms with Crippen molar-refractivity contribution in [3.05, 3.63) is 96.1 Å². The normalized spacial score (nSPS) is 17.1. The van der Waals surface area contributed by atoms with Gasteiger partial charge in [0.2, 0.25) is 11.8 Å². The summed E-state index contributed by atoms with van der Waals surface area (Å²) >= 11 is 0. The van der Waals surface area contributed by atoms with Crippen molar-refractivity contribution in [1.29, 1.82) is 0 Å². The molecule has 2 N–H and O–H groups in total. The quantitative estimate of drug-likeness (QED) is 0.349. The molecule has 2 amide bonds. The number of benzene rings is 3. The molecular formula is C33H39N3O4.